The van der Waals surface area contributed by atoms with Gasteiger partial charge in [-0.25, -0.2) is 8.78 Å². The van der Waals surface area contributed by atoms with E-state index in [4.69, 9.17) is 1.37 Å². The zero-order valence-electron chi connectivity index (χ0n) is 10.5. The Bertz CT molecular complexity index is 644. The number of halogens is 2. The molecule has 0 amide bonds. The SMILES string of the molecule is [2H]/C(C#Cc1ccc(F)cc1)=C/c1ccc(F)cc1. The van der Waals surface area contributed by atoms with Crippen molar-refractivity contribution < 1.29 is 10.2 Å². The van der Waals surface area contributed by atoms with Crippen LogP contribution in [0.5, 0.6) is 0 Å². The molecule has 0 heterocycles. The Morgan fingerprint density at radius 3 is 2.06 bits per heavy atom. The number of allylic oxidation sites excluding steroid dienone is 1. The van der Waals surface area contributed by atoms with Gasteiger partial charge in [0.2, 0.25) is 0 Å². The number of rotatable bonds is 1. The molecule has 0 spiro atoms. The van der Waals surface area contributed by atoms with Crippen LogP contribution < -0.4 is 0 Å². The molecule has 0 aliphatic rings. The number of hydrogen-bond acceptors (Lipinski definition) is 0. The van der Waals surface area contributed by atoms with Crippen molar-refractivity contribution in [2.45, 2.75) is 0 Å². The lowest BCUT2D eigenvalue weighted by Crippen LogP contribution is -1.75. The summed E-state index contributed by atoms with van der Waals surface area (Å²) in [6, 6.07) is 11.6. The fourth-order valence-electron chi connectivity index (χ4n) is 1.32. The average Bonchev–Trinajstić information content (AvgIpc) is 2.41. The van der Waals surface area contributed by atoms with E-state index < -0.39 is 0 Å². The monoisotopic (exact) mass is 241 g/mol. The molecule has 2 aromatic carbocycles. The van der Waals surface area contributed by atoms with Gasteiger partial charge in [0.1, 0.15) is 11.6 Å². The summed E-state index contributed by atoms with van der Waals surface area (Å²) in [5.74, 6) is 4.76. The van der Waals surface area contributed by atoms with Crippen LogP contribution in [0, 0.1) is 23.5 Å². The maximum absolute atomic E-state index is 12.7. The Labute approximate surface area is 106 Å². The summed E-state index contributed by atoms with van der Waals surface area (Å²) in [6.07, 6.45) is 1.54. The highest BCUT2D eigenvalue weighted by Crippen LogP contribution is 2.04. The second-order valence-electron chi connectivity index (χ2n) is 3.60. The molecule has 0 fully saturated rings. The summed E-state index contributed by atoms with van der Waals surface area (Å²) in [6.45, 7) is 0. The maximum atomic E-state index is 12.7. The molecule has 88 valence electrons. The van der Waals surface area contributed by atoms with Gasteiger partial charge in [-0.05, 0) is 54.1 Å². The molecule has 0 aliphatic heterocycles. The normalized spacial score (nSPS) is 11.4. The second-order valence-corrected chi connectivity index (χ2v) is 3.60. The second kappa shape index (κ2) is 5.79. The largest absolute Gasteiger partial charge is 0.207 e. The molecule has 2 aromatic rings. The molecule has 18 heavy (non-hydrogen) atoms. The highest BCUT2D eigenvalue weighted by atomic mass is 19.1. The summed E-state index contributed by atoms with van der Waals surface area (Å²) in [4.78, 5) is 0. The van der Waals surface area contributed by atoms with E-state index in [1.54, 1.807) is 24.3 Å². The first kappa shape index (κ1) is 10.7. The van der Waals surface area contributed by atoms with Crippen LogP contribution >= 0.6 is 0 Å². The van der Waals surface area contributed by atoms with Gasteiger partial charge < -0.3 is 0 Å². The lowest BCUT2D eigenvalue weighted by molar-refractivity contribution is 0.627. The van der Waals surface area contributed by atoms with Crippen LogP contribution in [-0.4, -0.2) is 0 Å². The van der Waals surface area contributed by atoms with E-state index in [2.05, 4.69) is 11.8 Å². The predicted octanol–water partition coefficient (Wildman–Crippen LogP) is 4.03. The van der Waals surface area contributed by atoms with Gasteiger partial charge >= 0.3 is 0 Å². The van der Waals surface area contributed by atoms with Gasteiger partial charge in [0.25, 0.3) is 0 Å². The van der Waals surface area contributed by atoms with Crippen molar-refractivity contribution in [2.75, 3.05) is 0 Å². The Balaban J connectivity index is 2.15. The molecule has 0 unspecified atom stereocenters. The van der Waals surface area contributed by atoms with Gasteiger partial charge in [0, 0.05) is 5.56 Å². The third kappa shape index (κ3) is 3.57. The minimum Gasteiger partial charge on any atom is -0.207 e. The standard InChI is InChI=1S/C16H10F2/c17-15-9-5-13(6-10-15)3-1-2-4-14-7-11-16(18)12-8-14/h1,3,5-12H/b3-1-/i1D. The van der Waals surface area contributed by atoms with Gasteiger partial charge in [-0.15, -0.1) is 0 Å². The van der Waals surface area contributed by atoms with E-state index in [0.29, 0.717) is 11.1 Å². The van der Waals surface area contributed by atoms with E-state index in [9.17, 15) is 8.78 Å². The molecular weight excluding hydrogens is 230 g/mol. The minimum atomic E-state index is -0.321. The lowest BCUT2D eigenvalue weighted by atomic mass is 10.2. The molecule has 0 saturated heterocycles. The molecule has 0 saturated carbocycles. The topological polar surface area (TPSA) is 0 Å². The highest BCUT2D eigenvalue weighted by molar-refractivity contribution is 5.53. The van der Waals surface area contributed by atoms with Gasteiger partial charge in [-0.2, -0.15) is 0 Å². The summed E-state index contributed by atoms with van der Waals surface area (Å²) < 4.78 is 33.1. The Morgan fingerprint density at radius 2 is 1.44 bits per heavy atom. The smallest absolute Gasteiger partial charge is 0.123 e. The Kier molecular flexibility index (Phi) is 3.45. The van der Waals surface area contributed by atoms with E-state index in [-0.39, 0.29) is 17.7 Å². The fraction of sp³-hybridized carbons (Fsp3) is 0. The molecule has 0 radical (unpaired) electrons. The zero-order valence-corrected chi connectivity index (χ0v) is 9.45. The van der Waals surface area contributed by atoms with E-state index in [1.807, 2.05) is 0 Å². The van der Waals surface area contributed by atoms with Crippen molar-refractivity contribution >= 4 is 6.08 Å². The predicted molar refractivity (Wildman–Crippen MR) is 68.7 cm³/mol. The summed E-state index contributed by atoms with van der Waals surface area (Å²) >= 11 is 0. The van der Waals surface area contributed by atoms with Crippen LogP contribution in [0.25, 0.3) is 6.08 Å². The molecule has 0 aliphatic carbocycles. The van der Waals surface area contributed by atoms with Crippen molar-refractivity contribution in [3.8, 4) is 11.8 Å². The van der Waals surface area contributed by atoms with Crippen molar-refractivity contribution in [3.63, 3.8) is 0 Å². The van der Waals surface area contributed by atoms with Crippen LogP contribution in [0.1, 0.15) is 12.5 Å². The first-order chi connectivity index (χ1) is 9.13. The molecule has 0 nitrogen and oxygen atoms in total. The lowest BCUT2D eigenvalue weighted by Gasteiger charge is -1.90. The van der Waals surface area contributed by atoms with E-state index in [0.717, 1.165) is 0 Å². The van der Waals surface area contributed by atoms with Crippen molar-refractivity contribution in [1.82, 2.24) is 0 Å². The molecule has 0 aromatic heterocycles. The molecule has 2 heteroatoms. The molecule has 0 atom stereocenters. The first-order valence-corrected chi connectivity index (χ1v) is 5.35. The Hall–Kier alpha value is -2.40. The number of benzene rings is 2. The highest BCUT2D eigenvalue weighted by Gasteiger charge is 1.88. The van der Waals surface area contributed by atoms with Crippen LogP contribution in [0.15, 0.2) is 54.6 Å². The van der Waals surface area contributed by atoms with Gasteiger partial charge in [-0.3, -0.25) is 0 Å². The molecular formula is C16H10F2. The average molecular weight is 241 g/mol. The summed E-state index contributed by atoms with van der Waals surface area (Å²) in [5, 5.41) is 0. The third-order valence-corrected chi connectivity index (χ3v) is 2.23. The Morgan fingerprint density at radius 1 is 0.889 bits per heavy atom. The van der Waals surface area contributed by atoms with Crippen LogP contribution in [-0.2, 0) is 0 Å². The minimum absolute atomic E-state index is 0.107. The summed E-state index contributed by atoms with van der Waals surface area (Å²) in [7, 11) is 0. The summed E-state index contributed by atoms with van der Waals surface area (Å²) in [5.41, 5.74) is 1.35. The van der Waals surface area contributed by atoms with Gasteiger partial charge in [0.05, 0.1) is 1.37 Å². The van der Waals surface area contributed by atoms with E-state index in [1.165, 1.54) is 30.3 Å². The molecule has 0 bridgehead atoms. The molecule has 2 rings (SSSR count). The van der Waals surface area contributed by atoms with Crippen LogP contribution in [0.4, 0.5) is 8.78 Å². The van der Waals surface area contributed by atoms with Crippen molar-refractivity contribution in [1.29, 1.82) is 0 Å². The van der Waals surface area contributed by atoms with Crippen molar-refractivity contribution in [3.05, 3.63) is 77.3 Å². The maximum Gasteiger partial charge on any atom is 0.123 e. The number of hydrogen-bond donors (Lipinski definition) is 0. The van der Waals surface area contributed by atoms with Gasteiger partial charge in [0.15, 0.2) is 0 Å². The quantitative estimate of drug-likeness (QED) is 0.661. The third-order valence-electron chi connectivity index (χ3n) is 2.23. The fourth-order valence-corrected chi connectivity index (χ4v) is 1.32. The zero-order chi connectivity index (χ0) is 13.7. The molecule has 0 N–H and O–H groups in total. The van der Waals surface area contributed by atoms with Gasteiger partial charge in [-0.1, -0.05) is 24.0 Å². The first-order valence-electron chi connectivity index (χ1n) is 5.85. The van der Waals surface area contributed by atoms with Crippen LogP contribution in [0.3, 0.4) is 0 Å². The van der Waals surface area contributed by atoms with Crippen molar-refractivity contribution in [2.24, 2.45) is 0 Å². The van der Waals surface area contributed by atoms with E-state index >= 15 is 0 Å². The van der Waals surface area contributed by atoms with Crippen LogP contribution in [0.2, 0.25) is 0 Å².